The summed E-state index contributed by atoms with van der Waals surface area (Å²) in [4.78, 5) is 16.8. The van der Waals surface area contributed by atoms with Crippen molar-refractivity contribution in [3.05, 3.63) is 40.9 Å². The van der Waals surface area contributed by atoms with Crippen molar-refractivity contribution in [2.24, 2.45) is 12.5 Å². The van der Waals surface area contributed by atoms with Gasteiger partial charge >= 0.3 is 0 Å². The van der Waals surface area contributed by atoms with Crippen LogP contribution in [0.2, 0.25) is 5.02 Å². The van der Waals surface area contributed by atoms with Gasteiger partial charge in [-0.3, -0.25) is 4.79 Å². The molecule has 0 spiro atoms. The summed E-state index contributed by atoms with van der Waals surface area (Å²) in [6.07, 6.45) is 1.03. The number of ketones is 1. The van der Waals surface area contributed by atoms with Gasteiger partial charge in [0.25, 0.3) is 0 Å². The summed E-state index contributed by atoms with van der Waals surface area (Å²) in [5, 5.41) is 15.5. The van der Waals surface area contributed by atoms with E-state index >= 15 is 0 Å². The second kappa shape index (κ2) is 5.49. The molecule has 1 aliphatic rings. The van der Waals surface area contributed by atoms with E-state index in [9.17, 15) is 9.90 Å². The maximum absolute atomic E-state index is 12.3. The number of aryl methyl sites for hydroxylation is 1. The molecule has 0 fully saturated rings. The van der Waals surface area contributed by atoms with Gasteiger partial charge in [-0.15, -0.1) is 0 Å². The van der Waals surface area contributed by atoms with Crippen LogP contribution in [0.5, 0.6) is 0 Å². The van der Waals surface area contributed by atoms with Gasteiger partial charge in [0.2, 0.25) is 0 Å². The summed E-state index contributed by atoms with van der Waals surface area (Å²) in [5.41, 5.74) is 0.644. The van der Waals surface area contributed by atoms with Gasteiger partial charge in [0.05, 0.1) is 5.57 Å². The fourth-order valence-corrected chi connectivity index (χ4v) is 2.82. The lowest BCUT2D eigenvalue weighted by Crippen LogP contribution is -2.26. The van der Waals surface area contributed by atoms with Gasteiger partial charge < -0.3 is 5.11 Å². The van der Waals surface area contributed by atoms with Crippen LogP contribution >= 0.6 is 11.6 Å². The highest BCUT2D eigenvalue weighted by atomic mass is 35.5. The zero-order valence-corrected chi connectivity index (χ0v) is 14.1. The van der Waals surface area contributed by atoms with Crippen molar-refractivity contribution in [1.82, 2.24) is 14.8 Å². The molecule has 2 aromatic rings. The first-order chi connectivity index (χ1) is 10.8. The number of allylic oxidation sites excluding steroid dienone is 2. The Balaban J connectivity index is 2.11. The van der Waals surface area contributed by atoms with Crippen LogP contribution in [0.4, 0.5) is 0 Å². The normalized spacial score (nSPS) is 17.7. The quantitative estimate of drug-likeness (QED) is 0.909. The molecule has 23 heavy (non-hydrogen) atoms. The van der Waals surface area contributed by atoms with Crippen LogP contribution in [0, 0.1) is 5.41 Å². The van der Waals surface area contributed by atoms with Gasteiger partial charge in [-0.05, 0) is 30.7 Å². The number of benzene rings is 1. The number of rotatable bonds is 2. The molecule has 3 rings (SSSR count). The van der Waals surface area contributed by atoms with E-state index in [1.165, 1.54) is 4.68 Å². The lowest BCUT2D eigenvalue weighted by atomic mass is 9.77. The van der Waals surface area contributed by atoms with Crippen LogP contribution in [0.1, 0.15) is 32.5 Å². The summed E-state index contributed by atoms with van der Waals surface area (Å²) in [5.74, 6) is 0.882. The highest BCUT2D eigenvalue weighted by Gasteiger charge is 2.37. The van der Waals surface area contributed by atoms with E-state index in [4.69, 9.17) is 11.6 Å². The van der Waals surface area contributed by atoms with Crippen LogP contribution in [0.25, 0.3) is 17.0 Å². The van der Waals surface area contributed by atoms with E-state index in [2.05, 4.69) is 10.1 Å². The molecule has 1 aliphatic carbocycles. The zero-order chi connectivity index (χ0) is 16.8. The molecule has 5 nitrogen and oxygen atoms in total. The molecule has 0 aliphatic heterocycles. The first-order valence-electron chi connectivity index (χ1n) is 7.44. The second-order valence-electron chi connectivity index (χ2n) is 6.42. The molecule has 0 amide bonds. The number of halogens is 1. The molecular formula is C17H18ClN3O2. The van der Waals surface area contributed by atoms with Gasteiger partial charge in [-0.1, -0.05) is 25.4 Å². The van der Waals surface area contributed by atoms with Crippen molar-refractivity contribution in [2.45, 2.75) is 26.7 Å². The summed E-state index contributed by atoms with van der Waals surface area (Å²) in [7, 11) is 1.72. The van der Waals surface area contributed by atoms with Gasteiger partial charge in [0, 0.05) is 29.5 Å². The summed E-state index contributed by atoms with van der Waals surface area (Å²) >= 11 is 5.90. The summed E-state index contributed by atoms with van der Waals surface area (Å²) < 4.78 is 1.54. The topological polar surface area (TPSA) is 68.0 Å². The predicted octanol–water partition coefficient (Wildman–Crippen LogP) is 3.79. The SMILES string of the molecule is Cn1nc(-c2ccc(Cl)cc2)nc1C1=C(O)C(C)(C)CCC1=O. The molecular weight excluding hydrogens is 314 g/mol. The monoisotopic (exact) mass is 331 g/mol. The summed E-state index contributed by atoms with van der Waals surface area (Å²) in [6, 6.07) is 7.17. The zero-order valence-electron chi connectivity index (χ0n) is 13.3. The first kappa shape index (κ1) is 15.7. The molecule has 0 bridgehead atoms. The molecule has 0 saturated heterocycles. The number of Topliss-reactive ketones (excluding diaryl/α,β-unsaturated/α-hetero) is 1. The lowest BCUT2D eigenvalue weighted by Gasteiger charge is -2.29. The van der Waals surface area contributed by atoms with Crippen LogP contribution in [0.15, 0.2) is 30.0 Å². The molecule has 1 aromatic carbocycles. The maximum atomic E-state index is 12.3. The Morgan fingerprint density at radius 3 is 2.57 bits per heavy atom. The average Bonchev–Trinajstić information content (AvgIpc) is 2.87. The molecule has 0 saturated carbocycles. The minimum atomic E-state index is -0.435. The van der Waals surface area contributed by atoms with Gasteiger partial charge in [0.15, 0.2) is 17.4 Å². The second-order valence-corrected chi connectivity index (χ2v) is 6.86. The van der Waals surface area contributed by atoms with Crippen molar-refractivity contribution < 1.29 is 9.90 Å². The minimum Gasteiger partial charge on any atom is -0.511 e. The van der Waals surface area contributed by atoms with Crippen molar-refractivity contribution in [3.8, 4) is 11.4 Å². The Bertz CT molecular complexity index is 804. The van der Waals surface area contributed by atoms with E-state index in [0.717, 1.165) is 5.56 Å². The van der Waals surface area contributed by atoms with E-state index < -0.39 is 5.41 Å². The molecule has 0 unspecified atom stereocenters. The molecule has 0 radical (unpaired) electrons. The Morgan fingerprint density at radius 2 is 1.91 bits per heavy atom. The average molecular weight is 332 g/mol. The van der Waals surface area contributed by atoms with Crippen LogP contribution in [-0.4, -0.2) is 25.7 Å². The van der Waals surface area contributed by atoms with Crippen molar-refractivity contribution >= 4 is 23.0 Å². The number of carbonyl (C=O) groups is 1. The van der Waals surface area contributed by atoms with E-state index in [1.54, 1.807) is 19.2 Å². The highest BCUT2D eigenvalue weighted by molar-refractivity contribution is 6.30. The van der Waals surface area contributed by atoms with Gasteiger partial charge in [-0.2, -0.15) is 5.10 Å². The third-order valence-corrected chi connectivity index (χ3v) is 4.47. The van der Waals surface area contributed by atoms with Gasteiger partial charge in [-0.25, -0.2) is 9.67 Å². The molecule has 0 atom stereocenters. The van der Waals surface area contributed by atoms with E-state index in [-0.39, 0.29) is 17.1 Å². The Kier molecular flexibility index (Phi) is 3.76. The summed E-state index contributed by atoms with van der Waals surface area (Å²) in [6.45, 7) is 3.84. The number of aliphatic hydroxyl groups is 1. The largest absolute Gasteiger partial charge is 0.511 e. The third-order valence-electron chi connectivity index (χ3n) is 4.22. The number of aliphatic hydroxyl groups excluding tert-OH is 1. The van der Waals surface area contributed by atoms with E-state index in [1.807, 2.05) is 26.0 Å². The van der Waals surface area contributed by atoms with Crippen LogP contribution in [-0.2, 0) is 11.8 Å². The number of hydrogen-bond donors (Lipinski definition) is 1. The fraction of sp³-hybridized carbons (Fsp3) is 0.353. The smallest absolute Gasteiger partial charge is 0.181 e. The fourth-order valence-electron chi connectivity index (χ4n) is 2.69. The molecule has 1 N–H and O–H groups in total. The van der Waals surface area contributed by atoms with Gasteiger partial charge in [0.1, 0.15) is 5.76 Å². The van der Waals surface area contributed by atoms with Crippen LogP contribution in [0.3, 0.4) is 0 Å². The maximum Gasteiger partial charge on any atom is 0.181 e. The lowest BCUT2D eigenvalue weighted by molar-refractivity contribution is -0.115. The minimum absolute atomic E-state index is 0.0897. The molecule has 1 heterocycles. The van der Waals surface area contributed by atoms with Crippen LogP contribution < -0.4 is 0 Å². The number of hydrogen-bond acceptors (Lipinski definition) is 4. The number of nitrogens with zero attached hydrogens (tertiary/aromatic N) is 3. The highest BCUT2D eigenvalue weighted by Crippen LogP contribution is 2.40. The standard InChI is InChI=1S/C17H18ClN3O2/c1-17(2)9-8-12(22)13(14(17)23)16-19-15(20-21(16)3)10-4-6-11(18)7-5-10/h4-7,23H,8-9H2,1-3H3. The molecule has 1 aromatic heterocycles. The number of aromatic nitrogens is 3. The Morgan fingerprint density at radius 1 is 1.26 bits per heavy atom. The number of carbonyl (C=O) groups excluding carboxylic acids is 1. The molecule has 120 valence electrons. The molecule has 6 heteroatoms. The van der Waals surface area contributed by atoms with Crippen molar-refractivity contribution in [2.75, 3.05) is 0 Å². The predicted molar refractivity (Wildman–Crippen MR) is 89.0 cm³/mol. The van der Waals surface area contributed by atoms with Crippen molar-refractivity contribution in [3.63, 3.8) is 0 Å². The first-order valence-corrected chi connectivity index (χ1v) is 7.81. The third kappa shape index (κ3) is 2.77. The van der Waals surface area contributed by atoms with E-state index in [0.29, 0.717) is 29.5 Å². The Labute approximate surface area is 139 Å². The van der Waals surface area contributed by atoms with Crippen molar-refractivity contribution in [1.29, 1.82) is 0 Å². The Hall–Kier alpha value is -2.14.